The number of fused-ring (bicyclic) bond motifs is 2. The number of aryl methyl sites for hydroxylation is 2. The summed E-state index contributed by atoms with van der Waals surface area (Å²) < 4.78 is 6.08. The van der Waals surface area contributed by atoms with Crippen LogP contribution in [0.1, 0.15) is 65.0 Å². The molecule has 4 nitrogen and oxygen atoms in total. The number of benzene rings is 2. The van der Waals surface area contributed by atoms with E-state index in [-0.39, 0.29) is 17.1 Å². The number of carbonyl (C=O) groups is 1. The van der Waals surface area contributed by atoms with Gasteiger partial charge in [-0.15, -0.1) is 0 Å². The van der Waals surface area contributed by atoms with Crippen molar-refractivity contribution in [2.24, 2.45) is 0 Å². The maximum Gasteiger partial charge on any atom is 0.290 e. The van der Waals surface area contributed by atoms with Crippen molar-refractivity contribution in [3.05, 3.63) is 79.7 Å². The van der Waals surface area contributed by atoms with Crippen molar-refractivity contribution in [2.45, 2.75) is 46.1 Å². The van der Waals surface area contributed by atoms with Crippen LogP contribution in [0.3, 0.4) is 0 Å². The van der Waals surface area contributed by atoms with Crippen LogP contribution < -0.4 is 5.43 Å². The lowest BCUT2D eigenvalue weighted by Gasteiger charge is -2.25. The predicted octanol–water partition coefficient (Wildman–Crippen LogP) is 5.80. The molecule has 0 saturated heterocycles. The molecule has 0 saturated carbocycles. The Kier molecular flexibility index (Phi) is 5.22. The van der Waals surface area contributed by atoms with E-state index in [1.165, 1.54) is 0 Å². The Morgan fingerprint density at radius 1 is 1.10 bits per heavy atom. The van der Waals surface area contributed by atoms with Gasteiger partial charge in [0.1, 0.15) is 5.58 Å². The standard InChI is InChI=1S/C24H24ClNO3/c1-4-5-6-10-26-20(16-8-7-9-17(25)13-16)19-21(27)18-12-14(2)11-15(3)22(18)29-23(19)24(26)28/h7-9,11-13,20H,4-6,10H2,1-3H3. The second-order valence-corrected chi connectivity index (χ2v) is 8.23. The molecule has 1 aromatic heterocycles. The van der Waals surface area contributed by atoms with Crippen molar-refractivity contribution in [1.29, 1.82) is 0 Å². The molecule has 0 fully saturated rings. The quantitative estimate of drug-likeness (QED) is 0.500. The molecule has 150 valence electrons. The van der Waals surface area contributed by atoms with E-state index < -0.39 is 6.04 Å². The van der Waals surface area contributed by atoms with Crippen LogP contribution in [0.4, 0.5) is 0 Å². The summed E-state index contributed by atoms with van der Waals surface area (Å²) in [5.74, 6) is -0.0593. The van der Waals surface area contributed by atoms with E-state index in [2.05, 4.69) is 6.92 Å². The Morgan fingerprint density at radius 2 is 1.90 bits per heavy atom. The summed E-state index contributed by atoms with van der Waals surface area (Å²) in [6.45, 7) is 6.55. The molecule has 1 atom stereocenters. The van der Waals surface area contributed by atoms with Gasteiger partial charge in [0.25, 0.3) is 5.91 Å². The molecule has 1 amide bonds. The topological polar surface area (TPSA) is 50.5 Å². The molecule has 4 rings (SSSR count). The molecule has 2 aromatic carbocycles. The van der Waals surface area contributed by atoms with E-state index in [9.17, 15) is 9.59 Å². The smallest absolute Gasteiger partial charge is 0.290 e. The molecule has 0 N–H and O–H groups in total. The average Bonchev–Trinajstić information content (AvgIpc) is 2.96. The molecule has 2 heterocycles. The van der Waals surface area contributed by atoms with Crippen LogP contribution in [0.15, 0.2) is 45.6 Å². The fraction of sp³-hybridized carbons (Fsp3) is 0.333. The van der Waals surface area contributed by atoms with Crippen LogP contribution >= 0.6 is 11.6 Å². The van der Waals surface area contributed by atoms with Crippen LogP contribution in [-0.4, -0.2) is 17.4 Å². The third kappa shape index (κ3) is 3.36. The largest absolute Gasteiger partial charge is 0.450 e. The van der Waals surface area contributed by atoms with Gasteiger partial charge < -0.3 is 9.32 Å². The zero-order chi connectivity index (χ0) is 20.7. The van der Waals surface area contributed by atoms with Gasteiger partial charge in [0, 0.05) is 11.6 Å². The molecule has 5 heteroatoms. The average molecular weight is 410 g/mol. The Labute approximate surface area is 175 Å². The van der Waals surface area contributed by atoms with Crippen molar-refractivity contribution >= 4 is 28.5 Å². The van der Waals surface area contributed by atoms with E-state index in [1.807, 2.05) is 44.2 Å². The fourth-order valence-electron chi connectivity index (χ4n) is 4.26. The highest BCUT2D eigenvalue weighted by Crippen LogP contribution is 2.39. The number of halogens is 1. The minimum absolute atomic E-state index is 0.135. The van der Waals surface area contributed by atoms with Gasteiger partial charge >= 0.3 is 0 Å². The molecule has 0 spiro atoms. The lowest BCUT2D eigenvalue weighted by Crippen LogP contribution is -2.30. The maximum absolute atomic E-state index is 13.5. The van der Waals surface area contributed by atoms with Crippen molar-refractivity contribution in [3.63, 3.8) is 0 Å². The van der Waals surface area contributed by atoms with Crippen LogP contribution in [0.2, 0.25) is 5.02 Å². The monoisotopic (exact) mass is 409 g/mol. The Morgan fingerprint density at radius 3 is 2.62 bits per heavy atom. The molecule has 1 unspecified atom stereocenters. The van der Waals surface area contributed by atoms with Gasteiger partial charge in [-0.1, -0.05) is 49.6 Å². The lowest BCUT2D eigenvalue weighted by molar-refractivity contribution is 0.0724. The van der Waals surface area contributed by atoms with Gasteiger partial charge in [-0.2, -0.15) is 0 Å². The van der Waals surface area contributed by atoms with Gasteiger partial charge in [0.15, 0.2) is 5.43 Å². The molecule has 0 radical (unpaired) electrons. The van der Waals surface area contributed by atoms with Crippen molar-refractivity contribution in [2.75, 3.05) is 6.54 Å². The van der Waals surface area contributed by atoms with Gasteiger partial charge in [-0.25, -0.2) is 0 Å². The normalized spacial score (nSPS) is 15.9. The number of carbonyl (C=O) groups excluding carboxylic acids is 1. The zero-order valence-electron chi connectivity index (χ0n) is 16.9. The first kappa shape index (κ1) is 19.7. The van der Waals surface area contributed by atoms with Crippen molar-refractivity contribution < 1.29 is 9.21 Å². The third-order valence-electron chi connectivity index (χ3n) is 5.56. The van der Waals surface area contributed by atoms with E-state index in [4.69, 9.17) is 16.0 Å². The van der Waals surface area contributed by atoms with E-state index >= 15 is 0 Å². The summed E-state index contributed by atoms with van der Waals surface area (Å²) in [4.78, 5) is 28.6. The zero-order valence-corrected chi connectivity index (χ0v) is 17.7. The predicted molar refractivity (Wildman–Crippen MR) is 116 cm³/mol. The van der Waals surface area contributed by atoms with Crippen LogP contribution in [-0.2, 0) is 0 Å². The molecular weight excluding hydrogens is 386 g/mol. The maximum atomic E-state index is 13.5. The first-order valence-electron chi connectivity index (χ1n) is 10.1. The van der Waals surface area contributed by atoms with E-state index in [0.717, 1.165) is 36.0 Å². The molecule has 0 aliphatic carbocycles. The molecule has 0 bridgehead atoms. The molecule has 1 aliphatic heterocycles. The Hall–Kier alpha value is -2.59. The Bertz CT molecular complexity index is 1160. The number of nitrogens with zero attached hydrogens (tertiary/aromatic N) is 1. The number of rotatable bonds is 5. The van der Waals surface area contributed by atoms with Crippen LogP contribution in [0.25, 0.3) is 11.0 Å². The summed E-state index contributed by atoms with van der Waals surface area (Å²) >= 11 is 6.23. The first-order valence-corrected chi connectivity index (χ1v) is 10.4. The fourth-order valence-corrected chi connectivity index (χ4v) is 4.46. The molecule has 3 aromatic rings. The summed E-state index contributed by atoms with van der Waals surface area (Å²) in [5, 5.41) is 1.10. The number of hydrogen-bond acceptors (Lipinski definition) is 3. The minimum Gasteiger partial charge on any atom is -0.450 e. The highest BCUT2D eigenvalue weighted by atomic mass is 35.5. The third-order valence-corrected chi connectivity index (χ3v) is 5.80. The summed E-state index contributed by atoms with van der Waals surface area (Å²) in [6.07, 6.45) is 2.94. The van der Waals surface area contributed by atoms with Gasteiger partial charge in [0.05, 0.1) is 17.0 Å². The lowest BCUT2D eigenvalue weighted by atomic mass is 9.97. The number of hydrogen-bond donors (Lipinski definition) is 0. The summed E-state index contributed by atoms with van der Waals surface area (Å²) in [5.41, 5.74) is 3.46. The van der Waals surface area contributed by atoms with E-state index in [0.29, 0.717) is 28.1 Å². The molecule has 29 heavy (non-hydrogen) atoms. The van der Waals surface area contributed by atoms with Crippen molar-refractivity contribution in [3.8, 4) is 0 Å². The second kappa shape index (κ2) is 7.68. The minimum atomic E-state index is -0.477. The molecular formula is C24H24ClNO3. The van der Waals surface area contributed by atoms with Gasteiger partial charge in [-0.05, 0) is 55.2 Å². The van der Waals surface area contributed by atoms with Crippen LogP contribution in [0, 0.1) is 13.8 Å². The highest BCUT2D eigenvalue weighted by Gasteiger charge is 2.42. The SMILES string of the molecule is CCCCCN1C(=O)c2oc3c(C)cc(C)cc3c(=O)c2C1c1cccc(Cl)c1. The van der Waals surface area contributed by atoms with Gasteiger partial charge in [0.2, 0.25) is 5.76 Å². The molecule has 1 aliphatic rings. The van der Waals surface area contributed by atoms with Crippen molar-refractivity contribution in [1.82, 2.24) is 4.90 Å². The van der Waals surface area contributed by atoms with Gasteiger partial charge in [-0.3, -0.25) is 9.59 Å². The second-order valence-electron chi connectivity index (χ2n) is 7.80. The summed E-state index contributed by atoms with van der Waals surface area (Å²) in [6, 6.07) is 10.7. The highest BCUT2D eigenvalue weighted by molar-refractivity contribution is 6.30. The first-order chi connectivity index (χ1) is 13.9. The Balaban J connectivity index is 1.96. The number of amides is 1. The summed E-state index contributed by atoms with van der Waals surface area (Å²) in [7, 11) is 0. The number of unbranched alkanes of at least 4 members (excludes halogenated alkanes) is 2. The van der Waals surface area contributed by atoms with Crippen LogP contribution in [0.5, 0.6) is 0 Å². The van der Waals surface area contributed by atoms with E-state index in [1.54, 1.807) is 11.0 Å².